The lowest BCUT2D eigenvalue weighted by Crippen LogP contribution is -2.33. The molecule has 3 unspecified atom stereocenters. The SMILES string of the molecule is C=CC.COc1ccc(C2CC(O)CC(CO)O2)cc1C(C)(C)c1cc2cccccc-2c1. The molecule has 1 saturated heterocycles. The van der Waals surface area contributed by atoms with Crippen molar-refractivity contribution in [2.24, 2.45) is 0 Å². The lowest BCUT2D eigenvalue weighted by atomic mass is 9.77. The molecule has 2 aliphatic carbocycles. The van der Waals surface area contributed by atoms with E-state index in [0.29, 0.717) is 12.8 Å². The Morgan fingerprint density at radius 3 is 2.27 bits per heavy atom. The van der Waals surface area contributed by atoms with Crippen LogP contribution in [0.3, 0.4) is 0 Å². The number of methoxy groups -OCH3 is 1. The highest BCUT2D eigenvalue weighted by Crippen LogP contribution is 2.43. The van der Waals surface area contributed by atoms with Gasteiger partial charge in [0.15, 0.2) is 0 Å². The van der Waals surface area contributed by atoms with E-state index in [0.717, 1.165) is 16.9 Å². The van der Waals surface area contributed by atoms with Gasteiger partial charge in [-0.05, 0) is 41.3 Å². The number of hydrogen-bond acceptors (Lipinski definition) is 4. The fourth-order valence-corrected chi connectivity index (χ4v) is 4.47. The minimum atomic E-state index is -0.472. The van der Waals surface area contributed by atoms with Gasteiger partial charge in [0.2, 0.25) is 0 Å². The van der Waals surface area contributed by atoms with Crippen molar-refractivity contribution >= 4 is 0 Å². The lowest BCUT2D eigenvalue weighted by Gasteiger charge is -2.34. The lowest BCUT2D eigenvalue weighted by molar-refractivity contribution is -0.113. The molecule has 1 fully saturated rings. The van der Waals surface area contributed by atoms with Crippen molar-refractivity contribution in [3.05, 3.63) is 90.0 Å². The highest BCUT2D eigenvalue weighted by atomic mass is 16.5. The summed E-state index contributed by atoms with van der Waals surface area (Å²) in [5.41, 5.74) is 5.43. The first-order chi connectivity index (χ1) is 15.8. The maximum Gasteiger partial charge on any atom is 0.122 e. The normalized spacial score (nSPS) is 20.6. The molecule has 1 heterocycles. The largest absolute Gasteiger partial charge is 0.496 e. The van der Waals surface area contributed by atoms with Crippen molar-refractivity contribution in [1.29, 1.82) is 0 Å². The summed E-state index contributed by atoms with van der Waals surface area (Å²) in [6.45, 7) is 9.57. The van der Waals surface area contributed by atoms with Crippen LogP contribution in [0.1, 0.15) is 56.4 Å². The van der Waals surface area contributed by atoms with Gasteiger partial charge in [0.05, 0.1) is 32.0 Å². The Hall–Kier alpha value is -2.66. The summed E-state index contributed by atoms with van der Waals surface area (Å²) in [7, 11) is 1.69. The zero-order valence-electron chi connectivity index (χ0n) is 20.1. The Morgan fingerprint density at radius 2 is 1.70 bits per heavy atom. The van der Waals surface area contributed by atoms with Crippen LogP contribution in [0, 0.1) is 0 Å². The Morgan fingerprint density at radius 1 is 1.06 bits per heavy atom. The van der Waals surface area contributed by atoms with Crippen LogP contribution >= 0.6 is 0 Å². The van der Waals surface area contributed by atoms with Gasteiger partial charge in [-0.3, -0.25) is 0 Å². The maximum atomic E-state index is 10.2. The van der Waals surface area contributed by atoms with Gasteiger partial charge in [-0.25, -0.2) is 0 Å². The van der Waals surface area contributed by atoms with Crippen LogP contribution in [0.15, 0.2) is 73.3 Å². The molecule has 1 aromatic carbocycles. The molecule has 1 aromatic rings. The van der Waals surface area contributed by atoms with E-state index in [1.54, 1.807) is 13.2 Å². The molecule has 0 aromatic heterocycles. The fraction of sp³-hybridized carbons (Fsp3) is 0.379. The number of fused-ring (bicyclic) bond motifs is 1. The van der Waals surface area contributed by atoms with Crippen molar-refractivity contribution in [1.82, 2.24) is 0 Å². The quantitative estimate of drug-likeness (QED) is 0.478. The number of aliphatic hydroxyl groups excluding tert-OH is 2. The van der Waals surface area contributed by atoms with Crippen LogP contribution in [0.25, 0.3) is 11.1 Å². The third kappa shape index (κ3) is 5.64. The van der Waals surface area contributed by atoms with Gasteiger partial charge in [0.25, 0.3) is 0 Å². The Bertz CT molecular complexity index is 995. The van der Waals surface area contributed by atoms with Crippen LogP contribution < -0.4 is 4.74 Å². The van der Waals surface area contributed by atoms with E-state index in [4.69, 9.17) is 9.47 Å². The summed E-state index contributed by atoms with van der Waals surface area (Å²) in [6.07, 6.45) is 1.70. The van der Waals surface area contributed by atoms with E-state index in [1.165, 1.54) is 16.7 Å². The second-order valence-corrected chi connectivity index (χ2v) is 9.11. The zero-order valence-corrected chi connectivity index (χ0v) is 20.1. The van der Waals surface area contributed by atoms with E-state index in [9.17, 15) is 10.2 Å². The van der Waals surface area contributed by atoms with Gasteiger partial charge in [0.1, 0.15) is 5.75 Å². The highest BCUT2D eigenvalue weighted by molar-refractivity contribution is 5.70. The monoisotopic (exact) mass is 448 g/mol. The van der Waals surface area contributed by atoms with Crippen LogP contribution in [0.2, 0.25) is 0 Å². The first-order valence-electron chi connectivity index (χ1n) is 11.5. The molecular weight excluding hydrogens is 412 g/mol. The van der Waals surface area contributed by atoms with Gasteiger partial charge in [-0.2, -0.15) is 0 Å². The standard InChI is InChI=1S/C26H30O4.C3H6/c1-26(2,20-11-17-7-5-4-6-8-18(17)12-20)23-13-19(9-10-24(23)29-3)25-15-21(28)14-22(16-27)30-25;1-3-2/h4-13,21-22,25,27-28H,14-16H2,1-3H3;3H,1H2,2H3. The van der Waals surface area contributed by atoms with E-state index < -0.39 is 6.10 Å². The average Bonchev–Trinajstić information content (AvgIpc) is 3.10. The molecule has 4 heteroatoms. The van der Waals surface area contributed by atoms with Crippen molar-refractivity contribution in [3.8, 4) is 16.9 Å². The summed E-state index contributed by atoms with van der Waals surface area (Å²) in [4.78, 5) is 0. The van der Waals surface area contributed by atoms with Gasteiger partial charge in [0, 0.05) is 23.8 Å². The predicted molar refractivity (Wildman–Crippen MR) is 134 cm³/mol. The third-order valence-corrected chi connectivity index (χ3v) is 6.30. The van der Waals surface area contributed by atoms with E-state index in [2.05, 4.69) is 62.9 Å². The minimum absolute atomic E-state index is 0.0837. The first kappa shape index (κ1) is 25.0. The molecule has 4 nitrogen and oxygen atoms in total. The summed E-state index contributed by atoms with van der Waals surface area (Å²) < 4.78 is 11.8. The molecule has 0 saturated carbocycles. The van der Waals surface area contributed by atoms with Gasteiger partial charge < -0.3 is 19.7 Å². The molecule has 1 aliphatic heterocycles. The molecule has 2 N–H and O–H groups in total. The van der Waals surface area contributed by atoms with Crippen molar-refractivity contribution in [2.45, 2.75) is 57.3 Å². The predicted octanol–water partition coefficient (Wildman–Crippen LogP) is 5.89. The summed E-state index contributed by atoms with van der Waals surface area (Å²) in [5, 5.41) is 19.8. The molecule has 0 radical (unpaired) electrons. The Kier molecular flexibility index (Phi) is 8.30. The molecule has 33 heavy (non-hydrogen) atoms. The molecule has 0 amide bonds. The zero-order chi connectivity index (χ0) is 24.0. The molecule has 3 atom stereocenters. The van der Waals surface area contributed by atoms with Crippen LogP contribution in [0.4, 0.5) is 0 Å². The Labute approximate surface area is 197 Å². The molecule has 4 rings (SSSR count). The van der Waals surface area contributed by atoms with Gasteiger partial charge in [-0.15, -0.1) is 6.58 Å². The third-order valence-electron chi connectivity index (χ3n) is 6.30. The summed E-state index contributed by atoms with van der Waals surface area (Å²) >= 11 is 0. The number of benzene rings is 1. The molecule has 0 spiro atoms. The Balaban J connectivity index is 0.000000968. The molecule has 3 aliphatic rings. The van der Waals surface area contributed by atoms with Gasteiger partial charge in [-0.1, -0.05) is 68.5 Å². The molecule has 176 valence electrons. The van der Waals surface area contributed by atoms with E-state index in [-0.39, 0.29) is 24.2 Å². The van der Waals surface area contributed by atoms with Crippen molar-refractivity contribution < 1.29 is 19.7 Å². The number of ether oxygens (including phenoxy) is 2. The smallest absolute Gasteiger partial charge is 0.122 e. The van der Waals surface area contributed by atoms with E-state index >= 15 is 0 Å². The maximum absolute atomic E-state index is 10.2. The summed E-state index contributed by atoms with van der Waals surface area (Å²) in [5.74, 6) is 0.828. The first-order valence-corrected chi connectivity index (χ1v) is 11.5. The highest BCUT2D eigenvalue weighted by Gasteiger charge is 2.32. The number of allylic oxidation sites excluding steroid dienone is 1. The minimum Gasteiger partial charge on any atom is -0.496 e. The van der Waals surface area contributed by atoms with Gasteiger partial charge >= 0.3 is 0 Å². The topological polar surface area (TPSA) is 58.9 Å². The second kappa shape index (κ2) is 11.0. The molecular formula is C29H36O4. The fourth-order valence-electron chi connectivity index (χ4n) is 4.47. The second-order valence-electron chi connectivity index (χ2n) is 9.11. The average molecular weight is 449 g/mol. The van der Waals surface area contributed by atoms with Crippen LogP contribution in [-0.4, -0.2) is 36.1 Å². The molecule has 0 bridgehead atoms. The van der Waals surface area contributed by atoms with Crippen LogP contribution in [0.5, 0.6) is 5.75 Å². The number of rotatable bonds is 5. The summed E-state index contributed by atoms with van der Waals surface area (Å²) in [6, 6.07) is 21.0. The van der Waals surface area contributed by atoms with Crippen LogP contribution in [-0.2, 0) is 10.2 Å². The number of aliphatic hydroxyl groups is 2. The number of hydrogen-bond donors (Lipinski definition) is 2. The van der Waals surface area contributed by atoms with Crippen molar-refractivity contribution in [2.75, 3.05) is 13.7 Å². The van der Waals surface area contributed by atoms with E-state index in [1.807, 2.05) is 25.1 Å². The van der Waals surface area contributed by atoms with Crippen molar-refractivity contribution in [3.63, 3.8) is 0 Å².